The van der Waals surface area contributed by atoms with Crippen LogP contribution in [0.2, 0.25) is 0 Å². The number of nitrogens with one attached hydrogen (secondary N) is 2. The Morgan fingerprint density at radius 3 is 2.69 bits per heavy atom. The first kappa shape index (κ1) is 23.2. The van der Waals surface area contributed by atoms with E-state index in [0.29, 0.717) is 12.6 Å². The van der Waals surface area contributed by atoms with Gasteiger partial charge in [0.15, 0.2) is 5.96 Å². The molecule has 5 nitrogen and oxygen atoms in total. The van der Waals surface area contributed by atoms with Gasteiger partial charge >= 0.3 is 0 Å². The summed E-state index contributed by atoms with van der Waals surface area (Å²) in [5, 5.41) is 6.92. The Balaban J connectivity index is 0.00000338. The predicted molar refractivity (Wildman–Crippen MR) is 120 cm³/mol. The highest BCUT2D eigenvalue weighted by atomic mass is 127. The molecule has 0 radical (unpaired) electrons. The molecule has 2 rings (SSSR count). The van der Waals surface area contributed by atoms with E-state index < -0.39 is 0 Å². The molecule has 0 aliphatic carbocycles. The Bertz CT molecular complexity index is 538. The highest BCUT2D eigenvalue weighted by Crippen LogP contribution is 2.15. The van der Waals surface area contributed by atoms with Crippen molar-refractivity contribution in [1.82, 2.24) is 15.5 Å². The monoisotopic (exact) mass is 474 g/mol. The summed E-state index contributed by atoms with van der Waals surface area (Å²) in [4.78, 5) is 6.91. The third-order valence-electron chi connectivity index (χ3n) is 4.80. The van der Waals surface area contributed by atoms with E-state index in [4.69, 9.17) is 4.74 Å². The lowest BCUT2D eigenvalue weighted by atomic mass is 10.1. The SMILES string of the molecule is CCCOCc1ccccc1CNC(=NC)NCC1CCCN1CC.I. The molecule has 1 aromatic carbocycles. The number of aliphatic imine (C=N–C) groups is 1. The lowest BCUT2D eigenvalue weighted by Crippen LogP contribution is -2.44. The Morgan fingerprint density at radius 1 is 1.23 bits per heavy atom. The minimum atomic E-state index is 0. The van der Waals surface area contributed by atoms with Crippen LogP contribution >= 0.6 is 24.0 Å². The average Bonchev–Trinajstić information content (AvgIpc) is 3.10. The highest BCUT2D eigenvalue weighted by molar-refractivity contribution is 14.0. The van der Waals surface area contributed by atoms with Crippen LogP contribution in [0.4, 0.5) is 0 Å². The number of halogens is 1. The van der Waals surface area contributed by atoms with E-state index in [9.17, 15) is 0 Å². The Morgan fingerprint density at radius 2 is 2.00 bits per heavy atom. The van der Waals surface area contributed by atoms with Crippen LogP contribution < -0.4 is 10.6 Å². The van der Waals surface area contributed by atoms with Crippen molar-refractivity contribution in [2.45, 2.75) is 52.3 Å². The molecule has 1 saturated heterocycles. The fraction of sp³-hybridized carbons (Fsp3) is 0.650. The van der Waals surface area contributed by atoms with Gasteiger partial charge in [-0.15, -0.1) is 24.0 Å². The zero-order valence-corrected chi connectivity index (χ0v) is 18.8. The first-order chi connectivity index (χ1) is 12.3. The molecule has 2 N–H and O–H groups in total. The molecular weight excluding hydrogens is 439 g/mol. The number of guanidine groups is 1. The van der Waals surface area contributed by atoms with Crippen LogP contribution in [-0.4, -0.2) is 50.2 Å². The topological polar surface area (TPSA) is 48.9 Å². The van der Waals surface area contributed by atoms with Crippen molar-refractivity contribution in [2.24, 2.45) is 4.99 Å². The number of benzene rings is 1. The molecule has 1 aliphatic heterocycles. The van der Waals surface area contributed by atoms with E-state index >= 15 is 0 Å². The van der Waals surface area contributed by atoms with Crippen molar-refractivity contribution in [2.75, 3.05) is 33.3 Å². The summed E-state index contributed by atoms with van der Waals surface area (Å²) in [6, 6.07) is 9.06. The van der Waals surface area contributed by atoms with Crippen molar-refractivity contribution in [3.63, 3.8) is 0 Å². The summed E-state index contributed by atoms with van der Waals surface area (Å²) in [6.07, 6.45) is 3.62. The molecule has 0 spiro atoms. The molecule has 6 heteroatoms. The molecule has 0 aromatic heterocycles. The van der Waals surface area contributed by atoms with Crippen LogP contribution in [0.25, 0.3) is 0 Å². The van der Waals surface area contributed by atoms with Gasteiger partial charge in [0.2, 0.25) is 0 Å². The van der Waals surface area contributed by atoms with E-state index in [2.05, 4.69) is 58.6 Å². The van der Waals surface area contributed by atoms with E-state index in [-0.39, 0.29) is 24.0 Å². The summed E-state index contributed by atoms with van der Waals surface area (Å²) in [7, 11) is 1.83. The zero-order chi connectivity index (χ0) is 17.9. The van der Waals surface area contributed by atoms with Gasteiger partial charge in [-0.1, -0.05) is 38.1 Å². The van der Waals surface area contributed by atoms with Gasteiger partial charge in [-0.05, 0) is 43.5 Å². The van der Waals surface area contributed by atoms with Crippen LogP contribution in [0.3, 0.4) is 0 Å². The second-order valence-corrected chi connectivity index (χ2v) is 6.55. The Kier molecular flexibility index (Phi) is 11.9. The highest BCUT2D eigenvalue weighted by Gasteiger charge is 2.22. The number of ether oxygens (including phenoxy) is 1. The lowest BCUT2D eigenvalue weighted by molar-refractivity contribution is 0.121. The van der Waals surface area contributed by atoms with Crippen molar-refractivity contribution >= 4 is 29.9 Å². The minimum Gasteiger partial charge on any atom is -0.377 e. The summed E-state index contributed by atoms with van der Waals surface area (Å²) in [5.74, 6) is 0.868. The minimum absolute atomic E-state index is 0. The van der Waals surface area contributed by atoms with Crippen molar-refractivity contribution in [3.05, 3.63) is 35.4 Å². The van der Waals surface area contributed by atoms with Gasteiger partial charge in [0.1, 0.15) is 0 Å². The van der Waals surface area contributed by atoms with Gasteiger partial charge in [-0.3, -0.25) is 9.89 Å². The Labute approximate surface area is 176 Å². The molecular formula is C20H35IN4O. The normalized spacial score (nSPS) is 17.8. The summed E-state index contributed by atoms with van der Waals surface area (Å²) in [6.45, 7) is 9.91. The average molecular weight is 474 g/mol. The number of nitrogens with zero attached hydrogens (tertiary/aromatic N) is 2. The zero-order valence-electron chi connectivity index (χ0n) is 16.5. The van der Waals surface area contributed by atoms with Crippen molar-refractivity contribution < 1.29 is 4.74 Å². The van der Waals surface area contributed by atoms with Gasteiger partial charge in [-0.2, -0.15) is 0 Å². The molecule has 1 atom stereocenters. The molecule has 1 unspecified atom stereocenters. The van der Waals surface area contributed by atoms with E-state index in [1.165, 1.54) is 30.5 Å². The number of hydrogen-bond acceptors (Lipinski definition) is 3. The molecule has 1 aromatic rings. The van der Waals surface area contributed by atoms with Crippen LogP contribution in [0.5, 0.6) is 0 Å². The van der Waals surface area contributed by atoms with E-state index in [1.807, 2.05) is 7.05 Å². The molecule has 26 heavy (non-hydrogen) atoms. The van der Waals surface area contributed by atoms with Crippen LogP contribution in [0.15, 0.2) is 29.3 Å². The molecule has 1 aliphatic rings. The summed E-state index contributed by atoms with van der Waals surface area (Å²) in [5.41, 5.74) is 2.50. The maximum absolute atomic E-state index is 5.70. The van der Waals surface area contributed by atoms with Gasteiger partial charge in [-0.25, -0.2) is 0 Å². The van der Waals surface area contributed by atoms with Gasteiger partial charge in [0.25, 0.3) is 0 Å². The first-order valence-corrected chi connectivity index (χ1v) is 9.61. The van der Waals surface area contributed by atoms with E-state index in [0.717, 1.165) is 38.6 Å². The Hall–Kier alpha value is -0.860. The molecule has 0 saturated carbocycles. The van der Waals surface area contributed by atoms with Gasteiger partial charge in [0.05, 0.1) is 6.61 Å². The fourth-order valence-corrected chi connectivity index (χ4v) is 3.35. The summed E-state index contributed by atoms with van der Waals surface area (Å²) >= 11 is 0. The number of likely N-dealkylation sites (tertiary alicyclic amines) is 1. The smallest absolute Gasteiger partial charge is 0.191 e. The quantitative estimate of drug-likeness (QED) is 0.250. The number of likely N-dealkylation sites (N-methyl/N-ethyl adjacent to an activating group) is 1. The third-order valence-corrected chi connectivity index (χ3v) is 4.80. The van der Waals surface area contributed by atoms with Gasteiger partial charge in [0, 0.05) is 32.8 Å². The van der Waals surface area contributed by atoms with Crippen molar-refractivity contribution in [3.8, 4) is 0 Å². The molecule has 1 heterocycles. The van der Waals surface area contributed by atoms with Gasteiger partial charge < -0.3 is 15.4 Å². The van der Waals surface area contributed by atoms with Crippen LogP contribution in [0, 0.1) is 0 Å². The number of rotatable bonds is 9. The molecule has 148 valence electrons. The van der Waals surface area contributed by atoms with Crippen LogP contribution in [-0.2, 0) is 17.9 Å². The molecule has 1 fully saturated rings. The fourth-order valence-electron chi connectivity index (χ4n) is 3.35. The second-order valence-electron chi connectivity index (χ2n) is 6.55. The van der Waals surface area contributed by atoms with Crippen molar-refractivity contribution in [1.29, 1.82) is 0 Å². The lowest BCUT2D eigenvalue weighted by Gasteiger charge is -2.24. The largest absolute Gasteiger partial charge is 0.377 e. The second kappa shape index (κ2) is 13.3. The van der Waals surface area contributed by atoms with E-state index in [1.54, 1.807) is 0 Å². The maximum Gasteiger partial charge on any atom is 0.191 e. The molecule has 0 amide bonds. The predicted octanol–water partition coefficient (Wildman–Crippen LogP) is 3.38. The molecule has 0 bridgehead atoms. The summed E-state index contributed by atoms with van der Waals surface area (Å²) < 4.78 is 5.70. The first-order valence-electron chi connectivity index (χ1n) is 9.61. The maximum atomic E-state index is 5.70. The number of hydrogen-bond donors (Lipinski definition) is 2. The third kappa shape index (κ3) is 7.40. The standard InChI is InChI=1S/C20H34N4O.HI/c1-4-13-25-16-18-10-7-6-9-17(18)14-22-20(21-3)23-15-19-11-8-12-24(19)5-2;/h6-7,9-10,19H,4-5,8,11-16H2,1-3H3,(H2,21,22,23);1H. The van der Waals surface area contributed by atoms with Crippen LogP contribution in [0.1, 0.15) is 44.2 Å².